The lowest BCUT2D eigenvalue weighted by atomic mass is 9.97. The van der Waals surface area contributed by atoms with Crippen LogP contribution < -0.4 is 19.7 Å². The van der Waals surface area contributed by atoms with E-state index in [1.54, 1.807) is 14.2 Å². The SMILES string of the molecule is COc1cc2c(cc1OC)C[NH+]([C@H](C)C(=O)Nc1ccc(C(F)(F)F)cc1)CC2. The van der Waals surface area contributed by atoms with Gasteiger partial charge in [0.05, 0.1) is 26.3 Å². The van der Waals surface area contributed by atoms with Gasteiger partial charge in [0.1, 0.15) is 6.54 Å². The third kappa shape index (κ3) is 4.64. The number of amides is 1. The number of alkyl halides is 3. The standard InChI is InChI=1S/C21H23F3N2O3/c1-13(20(27)25-17-6-4-16(5-7-17)21(22,23)24)26-9-8-14-10-18(28-2)19(29-3)11-15(14)12-26/h4-7,10-11,13H,8-9,12H2,1-3H3,(H,25,27)/p+1/t13-/m1/s1. The number of hydrogen-bond acceptors (Lipinski definition) is 3. The summed E-state index contributed by atoms with van der Waals surface area (Å²) in [5.74, 6) is 1.10. The molecule has 0 spiro atoms. The van der Waals surface area contributed by atoms with Crippen LogP contribution in [0.25, 0.3) is 0 Å². The van der Waals surface area contributed by atoms with Gasteiger partial charge in [0.2, 0.25) is 0 Å². The van der Waals surface area contributed by atoms with Crippen LogP contribution in [0.4, 0.5) is 18.9 Å². The summed E-state index contributed by atoms with van der Waals surface area (Å²) in [5.41, 5.74) is 1.86. The molecule has 0 aliphatic carbocycles. The van der Waals surface area contributed by atoms with E-state index >= 15 is 0 Å². The van der Waals surface area contributed by atoms with Crippen LogP contribution in [0, 0.1) is 0 Å². The summed E-state index contributed by atoms with van der Waals surface area (Å²) in [6.07, 6.45) is -3.60. The lowest BCUT2D eigenvalue weighted by Crippen LogP contribution is -3.16. The lowest BCUT2D eigenvalue weighted by Gasteiger charge is -2.30. The molecule has 3 rings (SSSR count). The fraction of sp³-hybridized carbons (Fsp3) is 0.381. The van der Waals surface area contributed by atoms with Gasteiger partial charge in [-0.2, -0.15) is 13.2 Å². The Kier molecular flexibility index (Phi) is 6.02. The number of ether oxygens (including phenoxy) is 2. The van der Waals surface area contributed by atoms with E-state index in [0.29, 0.717) is 23.7 Å². The summed E-state index contributed by atoms with van der Waals surface area (Å²) in [6.45, 7) is 3.24. The van der Waals surface area contributed by atoms with Gasteiger partial charge in [-0.1, -0.05) is 0 Å². The second kappa shape index (κ2) is 8.32. The maximum Gasteiger partial charge on any atom is 0.416 e. The van der Waals surface area contributed by atoms with Crippen molar-refractivity contribution < 1.29 is 32.3 Å². The van der Waals surface area contributed by atoms with E-state index in [0.717, 1.165) is 35.6 Å². The van der Waals surface area contributed by atoms with Crippen molar-refractivity contribution in [3.63, 3.8) is 0 Å². The quantitative estimate of drug-likeness (QED) is 0.799. The van der Waals surface area contributed by atoms with Crippen molar-refractivity contribution in [1.82, 2.24) is 0 Å². The first kappa shape index (κ1) is 21.0. The molecule has 0 saturated carbocycles. The van der Waals surface area contributed by atoms with E-state index in [9.17, 15) is 18.0 Å². The lowest BCUT2D eigenvalue weighted by molar-refractivity contribution is -0.929. The Morgan fingerprint density at radius 3 is 2.21 bits per heavy atom. The summed E-state index contributed by atoms with van der Waals surface area (Å²) in [7, 11) is 3.18. The van der Waals surface area contributed by atoms with Crippen molar-refractivity contribution in [1.29, 1.82) is 0 Å². The summed E-state index contributed by atoms with van der Waals surface area (Å²) >= 11 is 0. The average Bonchev–Trinajstić information content (AvgIpc) is 2.71. The third-order valence-corrected chi connectivity index (χ3v) is 5.32. The number of rotatable bonds is 5. The first-order valence-electron chi connectivity index (χ1n) is 9.29. The Morgan fingerprint density at radius 1 is 1.07 bits per heavy atom. The maximum absolute atomic E-state index is 12.7. The summed E-state index contributed by atoms with van der Waals surface area (Å²) in [4.78, 5) is 13.7. The molecule has 0 bridgehead atoms. The van der Waals surface area contributed by atoms with E-state index in [4.69, 9.17) is 9.47 Å². The monoisotopic (exact) mass is 409 g/mol. The number of halogens is 3. The van der Waals surface area contributed by atoms with Crippen molar-refractivity contribution in [2.24, 2.45) is 0 Å². The maximum atomic E-state index is 12.7. The average molecular weight is 409 g/mol. The molecular formula is C21H24F3N2O3+. The van der Waals surface area contributed by atoms with Crippen LogP contribution in [0.5, 0.6) is 11.5 Å². The predicted octanol–water partition coefficient (Wildman–Crippen LogP) is 2.69. The number of nitrogens with one attached hydrogen (secondary N) is 2. The third-order valence-electron chi connectivity index (χ3n) is 5.32. The summed E-state index contributed by atoms with van der Waals surface area (Å²) < 4.78 is 48.7. The highest BCUT2D eigenvalue weighted by atomic mass is 19.4. The van der Waals surface area contributed by atoms with Crippen LogP contribution in [0.1, 0.15) is 23.6 Å². The van der Waals surface area contributed by atoms with Crippen molar-refractivity contribution in [2.45, 2.75) is 32.1 Å². The van der Waals surface area contributed by atoms with Gasteiger partial charge in [-0.05, 0) is 48.9 Å². The van der Waals surface area contributed by atoms with Crippen LogP contribution >= 0.6 is 0 Å². The number of carbonyl (C=O) groups excluding carboxylic acids is 1. The number of quaternary nitrogens is 1. The van der Waals surface area contributed by atoms with Gasteiger partial charge >= 0.3 is 6.18 Å². The molecule has 1 aliphatic heterocycles. The number of methoxy groups -OCH3 is 2. The van der Waals surface area contributed by atoms with Gasteiger partial charge in [-0.25, -0.2) is 0 Å². The predicted molar refractivity (Wildman–Crippen MR) is 102 cm³/mol. The Hall–Kier alpha value is -2.74. The van der Waals surface area contributed by atoms with E-state index in [-0.39, 0.29) is 11.9 Å². The first-order valence-corrected chi connectivity index (χ1v) is 9.29. The summed E-state index contributed by atoms with van der Waals surface area (Å²) in [5, 5.41) is 2.71. The fourth-order valence-corrected chi connectivity index (χ4v) is 3.54. The van der Waals surface area contributed by atoms with Crippen molar-refractivity contribution >= 4 is 11.6 Å². The largest absolute Gasteiger partial charge is 0.493 e. The fourth-order valence-electron chi connectivity index (χ4n) is 3.54. The smallest absolute Gasteiger partial charge is 0.416 e. The molecule has 0 fully saturated rings. The number of benzene rings is 2. The molecule has 2 atom stereocenters. The molecule has 5 nitrogen and oxygen atoms in total. The second-order valence-electron chi connectivity index (χ2n) is 7.10. The molecule has 0 saturated heterocycles. The zero-order valence-corrected chi connectivity index (χ0v) is 16.5. The highest BCUT2D eigenvalue weighted by Gasteiger charge is 2.31. The van der Waals surface area contributed by atoms with Crippen molar-refractivity contribution in [3.05, 3.63) is 53.1 Å². The normalized spacial score (nSPS) is 17.2. The Morgan fingerprint density at radius 2 is 1.66 bits per heavy atom. The minimum Gasteiger partial charge on any atom is -0.493 e. The van der Waals surface area contributed by atoms with E-state index in [1.165, 1.54) is 17.7 Å². The Bertz CT molecular complexity index is 882. The Labute approximate surface area is 167 Å². The minimum absolute atomic E-state index is 0.233. The summed E-state index contributed by atoms with van der Waals surface area (Å²) in [6, 6.07) is 8.01. The molecule has 156 valence electrons. The van der Waals surface area contributed by atoms with Gasteiger partial charge in [-0.3, -0.25) is 4.79 Å². The molecule has 1 amide bonds. The topological polar surface area (TPSA) is 52.0 Å². The molecule has 1 unspecified atom stereocenters. The van der Waals surface area contributed by atoms with Gasteiger partial charge in [0.25, 0.3) is 5.91 Å². The van der Waals surface area contributed by atoms with Crippen molar-refractivity contribution in [3.8, 4) is 11.5 Å². The van der Waals surface area contributed by atoms with Crippen molar-refractivity contribution in [2.75, 3.05) is 26.1 Å². The molecule has 29 heavy (non-hydrogen) atoms. The molecule has 1 heterocycles. The highest BCUT2D eigenvalue weighted by molar-refractivity contribution is 5.93. The van der Waals surface area contributed by atoms with Gasteiger partial charge in [-0.15, -0.1) is 0 Å². The van der Waals surface area contributed by atoms with Gasteiger partial charge < -0.3 is 19.7 Å². The number of hydrogen-bond donors (Lipinski definition) is 2. The molecule has 2 N–H and O–H groups in total. The molecule has 8 heteroatoms. The number of fused-ring (bicyclic) bond motifs is 1. The molecule has 0 aromatic heterocycles. The highest BCUT2D eigenvalue weighted by Crippen LogP contribution is 2.31. The molecule has 2 aromatic rings. The van der Waals surface area contributed by atoms with Crippen LogP contribution in [0.15, 0.2) is 36.4 Å². The van der Waals surface area contributed by atoms with Crippen LogP contribution in [-0.4, -0.2) is 32.7 Å². The second-order valence-corrected chi connectivity index (χ2v) is 7.10. The molecular weight excluding hydrogens is 385 g/mol. The molecule has 2 aromatic carbocycles. The minimum atomic E-state index is -4.40. The zero-order chi connectivity index (χ0) is 21.2. The molecule has 0 radical (unpaired) electrons. The van der Waals surface area contributed by atoms with E-state index in [2.05, 4.69) is 5.32 Å². The Balaban J connectivity index is 1.68. The van der Waals surface area contributed by atoms with E-state index < -0.39 is 11.7 Å². The van der Waals surface area contributed by atoms with Crippen LogP contribution in [0.3, 0.4) is 0 Å². The van der Waals surface area contributed by atoms with Crippen LogP contribution in [0.2, 0.25) is 0 Å². The first-order chi connectivity index (χ1) is 13.7. The van der Waals surface area contributed by atoms with Gasteiger partial charge in [0, 0.05) is 17.7 Å². The number of anilines is 1. The number of carbonyl (C=O) groups is 1. The molecule has 1 aliphatic rings. The van der Waals surface area contributed by atoms with E-state index in [1.807, 2.05) is 19.1 Å². The zero-order valence-electron chi connectivity index (χ0n) is 16.5. The van der Waals surface area contributed by atoms with Gasteiger partial charge in [0.15, 0.2) is 17.5 Å². The van der Waals surface area contributed by atoms with Crippen LogP contribution in [-0.2, 0) is 23.9 Å².